The molecule has 1 aromatic heterocycles. The quantitative estimate of drug-likeness (QED) is 0.751. The van der Waals surface area contributed by atoms with E-state index in [0.29, 0.717) is 11.3 Å². The molecule has 7 nitrogen and oxygen atoms in total. The van der Waals surface area contributed by atoms with Crippen LogP contribution in [0.1, 0.15) is 21.6 Å². The number of rotatable bonds is 4. The predicted molar refractivity (Wildman–Crippen MR) is 72.3 cm³/mol. The number of carbonyl (C=O) groups excluding carboxylic acids is 1. The summed E-state index contributed by atoms with van der Waals surface area (Å²) in [5, 5.41) is 14.2. The maximum Gasteiger partial charge on any atom is 0.255 e. The van der Waals surface area contributed by atoms with Gasteiger partial charge in [0.2, 0.25) is 10.0 Å². The molecule has 0 fully saturated rings. The van der Waals surface area contributed by atoms with E-state index in [1.165, 1.54) is 18.3 Å². The summed E-state index contributed by atoms with van der Waals surface area (Å²) in [5.74, 6) is -0.244. The molecule has 0 unspecified atom stereocenters. The summed E-state index contributed by atoms with van der Waals surface area (Å²) in [7, 11) is -3.69. The third-order valence-corrected chi connectivity index (χ3v) is 3.71. The predicted octanol–water partition coefficient (Wildman–Crippen LogP) is 0.296. The van der Waals surface area contributed by atoms with Crippen LogP contribution in [0.25, 0.3) is 0 Å². The first-order valence-corrected chi connectivity index (χ1v) is 7.32. The van der Waals surface area contributed by atoms with Crippen LogP contribution < -0.4 is 10.5 Å². The van der Waals surface area contributed by atoms with Crippen LogP contribution in [-0.4, -0.2) is 24.5 Å². The zero-order chi connectivity index (χ0) is 14.8. The van der Waals surface area contributed by atoms with Crippen molar-refractivity contribution < 1.29 is 13.2 Å². The Balaban J connectivity index is 2.02. The smallest absolute Gasteiger partial charge is 0.255 e. The number of amides is 1. The Labute approximate surface area is 116 Å². The van der Waals surface area contributed by atoms with Crippen molar-refractivity contribution in [2.24, 2.45) is 5.14 Å². The molecule has 0 aliphatic heterocycles. The fraction of sp³-hybridized carbons (Fsp3) is 0.167. The highest BCUT2D eigenvalue weighted by atomic mass is 32.2. The van der Waals surface area contributed by atoms with E-state index in [0.717, 1.165) is 5.56 Å². The summed E-state index contributed by atoms with van der Waals surface area (Å²) in [4.78, 5) is 11.9. The fourth-order valence-electron chi connectivity index (χ4n) is 1.65. The Kier molecular flexibility index (Phi) is 3.86. The lowest BCUT2D eigenvalue weighted by Gasteiger charge is -2.05. The van der Waals surface area contributed by atoms with Gasteiger partial charge in [-0.25, -0.2) is 13.6 Å². The molecule has 0 saturated carbocycles. The Bertz CT molecular complexity index is 719. The highest BCUT2D eigenvalue weighted by molar-refractivity contribution is 7.89. The van der Waals surface area contributed by atoms with Crippen molar-refractivity contribution in [1.82, 2.24) is 15.5 Å². The minimum absolute atomic E-state index is 0.0401. The molecule has 0 radical (unpaired) electrons. The number of nitrogens with one attached hydrogen (secondary N) is 2. The molecule has 1 amide bonds. The molecular formula is C12H14N4O3S. The standard InChI is InChI=1S/C12H14N4O3S/c1-8-11(7-15-16-8)12(17)14-6-9-2-4-10(5-3-9)20(13,18)19/h2-5,7H,6H2,1H3,(H,14,17)(H,15,16)(H2,13,18,19). The zero-order valence-electron chi connectivity index (χ0n) is 10.8. The average Bonchev–Trinajstić information content (AvgIpc) is 2.82. The lowest BCUT2D eigenvalue weighted by atomic mass is 10.2. The molecule has 0 spiro atoms. The number of hydrogen-bond donors (Lipinski definition) is 3. The number of nitrogens with two attached hydrogens (primary N) is 1. The van der Waals surface area contributed by atoms with Gasteiger partial charge in [0.05, 0.1) is 16.7 Å². The lowest BCUT2D eigenvalue weighted by molar-refractivity contribution is 0.0950. The second kappa shape index (κ2) is 5.43. The molecule has 2 aromatic rings. The first kappa shape index (κ1) is 14.2. The molecule has 20 heavy (non-hydrogen) atoms. The molecule has 8 heteroatoms. The summed E-state index contributed by atoms with van der Waals surface area (Å²) in [6, 6.07) is 6.00. The van der Waals surface area contributed by atoms with Gasteiger partial charge in [0.25, 0.3) is 5.91 Å². The van der Waals surface area contributed by atoms with Crippen LogP contribution in [0.4, 0.5) is 0 Å². The summed E-state index contributed by atoms with van der Waals surface area (Å²) < 4.78 is 22.2. The van der Waals surface area contributed by atoms with E-state index >= 15 is 0 Å². The number of primary sulfonamides is 1. The normalized spacial score (nSPS) is 11.3. The van der Waals surface area contributed by atoms with Crippen LogP contribution in [0.15, 0.2) is 35.4 Å². The molecule has 0 aliphatic carbocycles. The fourth-order valence-corrected chi connectivity index (χ4v) is 2.17. The highest BCUT2D eigenvalue weighted by Crippen LogP contribution is 2.09. The van der Waals surface area contributed by atoms with Crippen molar-refractivity contribution in [3.63, 3.8) is 0 Å². The average molecular weight is 294 g/mol. The van der Waals surface area contributed by atoms with Crippen LogP contribution in [0.3, 0.4) is 0 Å². The highest BCUT2D eigenvalue weighted by Gasteiger charge is 2.11. The minimum atomic E-state index is -3.69. The second-order valence-corrected chi connectivity index (χ2v) is 5.84. The number of benzene rings is 1. The van der Waals surface area contributed by atoms with Gasteiger partial charge < -0.3 is 5.32 Å². The number of nitrogens with zero attached hydrogens (tertiary/aromatic N) is 1. The van der Waals surface area contributed by atoms with Gasteiger partial charge in [-0.1, -0.05) is 12.1 Å². The Morgan fingerprint density at radius 3 is 2.50 bits per heavy atom. The minimum Gasteiger partial charge on any atom is -0.348 e. The number of aromatic nitrogens is 2. The van der Waals surface area contributed by atoms with Gasteiger partial charge >= 0.3 is 0 Å². The Morgan fingerprint density at radius 1 is 1.35 bits per heavy atom. The van der Waals surface area contributed by atoms with Crippen molar-refractivity contribution >= 4 is 15.9 Å². The van der Waals surface area contributed by atoms with Crippen molar-refractivity contribution in [1.29, 1.82) is 0 Å². The molecular weight excluding hydrogens is 280 g/mol. The molecule has 1 aromatic carbocycles. The summed E-state index contributed by atoms with van der Waals surface area (Å²) in [6.45, 7) is 2.04. The monoisotopic (exact) mass is 294 g/mol. The zero-order valence-corrected chi connectivity index (χ0v) is 11.6. The van der Waals surface area contributed by atoms with Crippen LogP contribution in [0.5, 0.6) is 0 Å². The van der Waals surface area contributed by atoms with Gasteiger partial charge in [-0.15, -0.1) is 0 Å². The van der Waals surface area contributed by atoms with Crippen LogP contribution in [0, 0.1) is 6.92 Å². The number of aryl methyl sites for hydroxylation is 1. The van der Waals surface area contributed by atoms with E-state index in [9.17, 15) is 13.2 Å². The van der Waals surface area contributed by atoms with Crippen LogP contribution in [0.2, 0.25) is 0 Å². The molecule has 0 atom stereocenters. The van der Waals surface area contributed by atoms with E-state index in [2.05, 4.69) is 15.5 Å². The second-order valence-electron chi connectivity index (χ2n) is 4.28. The first-order chi connectivity index (χ1) is 9.38. The van der Waals surface area contributed by atoms with Crippen LogP contribution >= 0.6 is 0 Å². The van der Waals surface area contributed by atoms with Crippen molar-refractivity contribution in [2.75, 3.05) is 0 Å². The lowest BCUT2D eigenvalue weighted by Crippen LogP contribution is -2.23. The van der Waals surface area contributed by atoms with Gasteiger partial charge in [0.15, 0.2) is 0 Å². The maximum atomic E-state index is 11.8. The molecule has 0 bridgehead atoms. The van der Waals surface area contributed by atoms with Crippen molar-refractivity contribution in [3.05, 3.63) is 47.3 Å². The number of carbonyl (C=O) groups is 1. The molecule has 0 aliphatic rings. The SMILES string of the molecule is Cc1[nH]ncc1C(=O)NCc1ccc(S(N)(=O)=O)cc1. The third-order valence-electron chi connectivity index (χ3n) is 2.78. The maximum absolute atomic E-state index is 11.8. The molecule has 1 heterocycles. The van der Waals surface area contributed by atoms with E-state index in [-0.39, 0.29) is 17.3 Å². The molecule has 4 N–H and O–H groups in total. The van der Waals surface area contributed by atoms with Gasteiger partial charge in [-0.05, 0) is 24.6 Å². The summed E-state index contributed by atoms with van der Waals surface area (Å²) in [6.07, 6.45) is 1.45. The van der Waals surface area contributed by atoms with Gasteiger partial charge in [-0.2, -0.15) is 5.10 Å². The first-order valence-electron chi connectivity index (χ1n) is 5.78. The largest absolute Gasteiger partial charge is 0.348 e. The van der Waals surface area contributed by atoms with E-state index < -0.39 is 10.0 Å². The van der Waals surface area contributed by atoms with Gasteiger partial charge in [-0.3, -0.25) is 9.89 Å². The third kappa shape index (κ3) is 3.22. The van der Waals surface area contributed by atoms with E-state index in [1.54, 1.807) is 19.1 Å². The summed E-state index contributed by atoms with van der Waals surface area (Å²) >= 11 is 0. The van der Waals surface area contributed by atoms with Crippen molar-refractivity contribution in [2.45, 2.75) is 18.4 Å². The number of H-pyrrole nitrogens is 1. The van der Waals surface area contributed by atoms with Gasteiger partial charge in [0.1, 0.15) is 0 Å². The summed E-state index contributed by atoms with van der Waals surface area (Å²) in [5.41, 5.74) is 1.94. The van der Waals surface area contributed by atoms with Crippen LogP contribution in [-0.2, 0) is 16.6 Å². The van der Waals surface area contributed by atoms with Crippen molar-refractivity contribution in [3.8, 4) is 0 Å². The van der Waals surface area contributed by atoms with E-state index in [4.69, 9.17) is 5.14 Å². The number of aromatic amines is 1. The van der Waals surface area contributed by atoms with Gasteiger partial charge in [0, 0.05) is 12.2 Å². The topological polar surface area (TPSA) is 118 Å². The molecule has 106 valence electrons. The molecule has 2 rings (SSSR count). The number of sulfonamides is 1. The van der Waals surface area contributed by atoms with E-state index in [1.807, 2.05) is 0 Å². The number of hydrogen-bond acceptors (Lipinski definition) is 4. The Morgan fingerprint density at radius 2 is 2.00 bits per heavy atom. The molecule has 0 saturated heterocycles. The Hall–Kier alpha value is -2.19.